The number of carbonyl (C=O) groups excluding carboxylic acids is 2. The van der Waals surface area contributed by atoms with Crippen molar-refractivity contribution in [2.24, 2.45) is 11.3 Å². The van der Waals surface area contributed by atoms with Gasteiger partial charge in [0.15, 0.2) is 0 Å². The zero-order valence-electron chi connectivity index (χ0n) is 19.4. The second kappa shape index (κ2) is 9.86. The van der Waals surface area contributed by atoms with Gasteiger partial charge in [-0.15, -0.1) is 0 Å². The van der Waals surface area contributed by atoms with E-state index in [2.05, 4.69) is 5.32 Å². The van der Waals surface area contributed by atoms with Crippen LogP contribution in [0.5, 0.6) is 5.75 Å². The van der Waals surface area contributed by atoms with Crippen molar-refractivity contribution in [3.8, 4) is 5.75 Å². The van der Waals surface area contributed by atoms with Crippen molar-refractivity contribution in [2.45, 2.75) is 53.2 Å². The van der Waals surface area contributed by atoms with Crippen molar-refractivity contribution in [3.05, 3.63) is 60.2 Å². The van der Waals surface area contributed by atoms with Crippen LogP contribution in [0.2, 0.25) is 0 Å². The number of anilines is 1. The van der Waals surface area contributed by atoms with E-state index in [0.29, 0.717) is 11.4 Å². The summed E-state index contributed by atoms with van der Waals surface area (Å²) in [5, 5.41) is 2.94. The largest absolute Gasteiger partial charge is 0.509 e. The molecule has 0 aliphatic rings. The van der Waals surface area contributed by atoms with Crippen LogP contribution >= 0.6 is 0 Å². The molecule has 0 fully saturated rings. The maximum atomic E-state index is 13.4. The normalized spacial score (nSPS) is 13.6. The first-order chi connectivity index (χ1) is 14.4. The highest BCUT2D eigenvalue weighted by atomic mass is 16.7. The topological polar surface area (TPSA) is 73.9 Å². The standard InChI is InChI=1S/C25H33NO5/c1-24(2,3)20(22(27)26-18-13-15-19(29-7)16-14-18)21(17-11-9-8-10-12-17)30-23(28)31-25(4,5)6/h8-16,20-21H,1-7H3,(H,26,27)/t20-,21+/m1/s1. The van der Waals surface area contributed by atoms with Gasteiger partial charge in [-0.05, 0) is 56.0 Å². The Morgan fingerprint density at radius 3 is 1.94 bits per heavy atom. The number of methoxy groups -OCH3 is 1. The third-order valence-corrected chi connectivity index (χ3v) is 4.62. The van der Waals surface area contributed by atoms with Crippen molar-refractivity contribution < 1.29 is 23.8 Å². The van der Waals surface area contributed by atoms with E-state index in [4.69, 9.17) is 14.2 Å². The van der Waals surface area contributed by atoms with Gasteiger partial charge >= 0.3 is 6.16 Å². The van der Waals surface area contributed by atoms with Gasteiger partial charge in [0, 0.05) is 5.69 Å². The molecule has 2 aromatic carbocycles. The van der Waals surface area contributed by atoms with E-state index in [-0.39, 0.29) is 5.91 Å². The molecule has 1 N–H and O–H groups in total. The number of hydrogen-bond acceptors (Lipinski definition) is 5. The zero-order chi connectivity index (χ0) is 23.2. The Morgan fingerprint density at radius 2 is 1.45 bits per heavy atom. The molecule has 6 heteroatoms. The Kier molecular flexibility index (Phi) is 7.71. The molecule has 0 radical (unpaired) electrons. The fourth-order valence-corrected chi connectivity index (χ4v) is 3.23. The fraction of sp³-hybridized carbons (Fsp3) is 0.440. The molecule has 6 nitrogen and oxygen atoms in total. The van der Waals surface area contributed by atoms with Gasteiger partial charge in [0.05, 0.1) is 13.0 Å². The van der Waals surface area contributed by atoms with Crippen LogP contribution in [0, 0.1) is 11.3 Å². The van der Waals surface area contributed by atoms with Gasteiger partial charge in [0.2, 0.25) is 5.91 Å². The van der Waals surface area contributed by atoms with Gasteiger partial charge in [-0.25, -0.2) is 4.79 Å². The lowest BCUT2D eigenvalue weighted by molar-refractivity contribution is -0.130. The van der Waals surface area contributed by atoms with E-state index in [1.54, 1.807) is 52.1 Å². The Morgan fingerprint density at radius 1 is 0.871 bits per heavy atom. The van der Waals surface area contributed by atoms with Crippen molar-refractivity contribution in [1.29, 1.82) is 0 Å². The molecule has 0 unspecified atom stereocenters. The van der Waals surface area contributed by atoms with Crippen LogP contribution in [0.15, 0.2) is 54.6 Å². The van der Waals surface area contributed by atoms with Crippen LogP contribution in [0.4, 0.5) is 10.5 Å². The number of hydrogen-bond donors (Lipinski definition) is 1. The molecule has 0 saturated carbocycles. The van der Waals surface area contributed by atoms with Crippen LogP contribution in [-0.4, -0.2) is 24.8 Å². The van der Waals surface area contributed by atoms with Crippen LogP contribution in [-0.2, 0) is 14.3 Å². The number of amides is 1. The highest BCUT2D eigenvalue weighted by Gasteiger charge is 2.42. The summed E-state index contributed by atoms with van der Waals surface area (Å²) in [6, 6.07) is 16.3. The lowest BCUT2D eigenvalue weighted by atomic mass is 9.74. The summed E-state index contributed by atoms with van der Waals surface area (Å²) in [6.07, 6.45) is -1.64. The van der Waals surface area contributed by atoms with Crippen molar-refractivity contribution in [2.75, 3.05) is 12.4 Å². The van der Waals surface area contributed by atoms with Crippen molar-refractivity contribution in [1.82, 2.24) is 0 Å². The van der Waals surface area contributed by atoms with E-state index >= 15 is 0 Å². The van der Waals surface area contributed by atoms with E-state index in [0.717, 1.165) is 5.56 Å². The predicted octanol–water partition coefficient (Wildman–Crippen LogP) is 5.99. The molecule has 0 spiro atoms. The molecule has 2 atom stereocenters. The number of carbonyl (C=O) groups is 2. The minimum Gasteiger partial charge on any atom is -0.497 e. The highest BCUT2D eigenvalue weighted by Crippen LogP contribution is 2.40. The average molecular weight is 428 g/mol. The maximum Gasteiger partial charge on any atom is 0.509 e. The number of rotatable bonds is 6. The summed E-state index contributed by atoms with van der Waals surface area (Å²) >= 11 is 0. The van der Waals surface area contributed by atoms with E-state index in [9.17, 15) is 9.59 Å². The van der Waals surface area contributed by atoms with Crippen LogP contribution in [0.25, 0.3) is 0 Å². The van der Waals surface area contributed by atoms with E-state index < -0.39 is 29.2 Å². The molecular formula is C25H33NO5. The summed E-state index contributed by atoms with van der Waals surface area (Å²) in [6.45, 7) is 11.1. The minimum atomic E-state index is -0.825. The van der Waals surface area contributed by atoms with Crippen LogP contribution in [0.1, 0.15) is 53.2 Å². The Bertz CT molecular complexity index is 864. The lowest BCUT2D eigenvalue weighted by Gasteiger charge is -2.36. The first-order valence-corrected chi connectivity index (χ1v) is 10.3. The van der Waals surface area contributed by atoms with Gasteiger partial charge in [0.1, 0.15) is 17.5 Å². The molecule has 2 aromatic rings. The summed E-state index contributed by atoms with van der Waals surface area (Å²) in [4.78, 5) is 26.0. The third-order valence-electron chi connectivity index (χ3n) is 4.62. The molecule has 0 aliphatic carbocycles. The Labute approximate surface area is 184 Å². The molecule has 0 aliphatic heterocycles. The van der Waals surface area contributed by atoms with Gasteiger partial charge < -0.3 is 19.5 Å². The molecule has 1 amide bonds. The molecular weight excluding hydrogens is 394 g/mol. The Hall–Kier alpha value is -3.02. The van der Waals surface area contributed by atoms with Crippen LogP contribution in [0.3, 0.4) is 0 Å². The maximum absolute atomic E-state index is 13.4. The monoisotopic (exact) mass is 427 g/mol. The van der Waals surface area contributed by atoms with E-state index in [1.807, 2.05) is 51.1 Å². The first-order valence-electron chi connectivity index (χ1n) is 10.3. The smallest absolute Gasteiger partial charge is 0.497 e. The van der Waals surface area contributed by atoms with E-state index in [1.165, 1.54) is 0 Å². The number of ether oxygens (including phenoxy) is 3. The zero-order valence-corrected chi connectivity index (χ0v) is 19.4. The predicted molar refractivity (Wildman–Crippen MR) is 121 cm³/mol. The molecule has 168 valence electrons. The average Bonchev–Trinajstić information content (AvgIpc) is 2.66. The van der Waals surface area contributed by atoms with Crippen LogP contribution < -0.4 is 10.1 Å². The summed E-state index contributed by atoms with van der Waals surface area (Å²) in [7, 11) is 1.59. The lowest BCUT2D eigenvalue weighted by Crippen LogP contribution is -2.40. The highest BCUT2D eigenvalue weighted by molar-refractivity contribution is 5.93. The number of nitrogens with one attached hydrogen (secondary N) is 1. The molecule has 0 bridgehead atoms. The number of benzene rings is 2. The fourth-order valence-electron chi connectivity index (χ4n) is 3.23. The summed E-state index contributed by atoms with van der Waals surface area (Å²) < 4.78 is 16.3. The van der Waals surface area contributed by atoms with Crippen molar-refractivity contribution >= 4 is 17.7 Å². The van der Waals surface area contributed by atoms with Gasteiger partial charge in [-0.3, -0.25) is 4.79 Å². The summed E-state index contributed by atoms with van der Waals surface area (Å²) in [5.41, 5.74) is 0.127. The van der Waals surface area contributed by atoms with Crippen molar-refractivity contribution in [3.63, 3.8) is 0 Å². The third kappa shape index (κ3) is 7.31. The Balaban J connectivity index is 2.37. The minimum absolute atomic E-state index is 0.255. The molecule has 0 saturated heterocycles. The molecule has 0 aromatic heterocycles. The van der Waals surface area contributed by atoms with Gasteiger partial charge in [-0.1, -0.05) is 51.1 Å². The first kappa shape index (κ1) is 24.3. The second-order valence-electron chi connectivity index (χ2n) is 9.48. The summed E-state index contributed by atoms with van der Waals surface area (Å²) in [5.74, 6) is -0.236. The SMILES string of the molecule is COc1ccc(NC(=O)[C@@H]([C@@H](OC(=O)OC(C)(C)C)c2ccccc2)C(C)(C)C)cc1. The van der Waals surface area contributed by atoms with Gasteiger partial charge in [-0.2, -0.15) is 0 Å². The van der Waals surface area contributed by atoms with Gasteiger partial charge in [0.25, 0.3) is 0 Å². The molecule has 31 heavy (non-hydrogen) atoms. The molecule has 0 heterocycles. The molecule has 2 rings (SSSR count). The second-order valence-corrected chi connectivity index (χ2v) is 9.48. The quantitative estimate of drug-likeness (QED) is 0.573.